The van der Waals surface area contributed by atoms with E-state index in [4.69, 9.17) is 5.73 Å². The van der Waals surface area contributed by atoms with Gasteiger partial charge in [0, 0.05) is 25.4 Å². The van der Waals surface area contributed by atoms with E-state index in [1.165, 1.54) is 0 Å². The van der Waals surface area contributed by atoms with Crippen LogP contribution in [0, 0.1) is 0 Å². The Hall–Kier alpha value is -2.88. The summed E-state index contributed by atoms with van der Waals surface area (Å²) in [4.78, 5) is 17.2. The molecule has 134 valence electrons. The van der Waals surface area contributed by atoms with E-state index in [0.717, 1.165) is 29.8 Å². The average molecular weight is 347 g/mol. The van der Waals surface area contributed by atoms with Crippen molar-refractivity contribution >= 4 is 5.91 Å². The number of nitrogens with two attached hydrogens (primary N) is 1. The summed E-state index contributed by atoms with van der Waals surface area (Å²) in [5.41, 5.74) is 7.00. The van der Waals surface area contributed by atoms with Gasteiger partial charge in [-0.2, -0.15) is 0 Å². The van der Waals surface area contributed by atoms with Gasteiger partial charge in [-0.25, -0.2) is 4.98 Å². The summed E-state index contributed by atoms with van der Waals surface area (Å²) in [6.07, 6.45) is 6.35. The minimum Gasteiger partial charge on any atom is -0.369 e. The summed E-state index contributed by atoms with van der Waals surface area (Å²) in [5.74, 6) is 0.721. The summed E-state index contributed by atoms with van der Waals surface area (Å²) >= 11 is 0. The lowest BCUT2D eigenvalue weighted by molar-refractivity contribution is -0.122. The molecule has 0 atom stereocenters. The molecule has 1 amide bonds. The number of nitrogens with zero attached hydrogens (tertiary/aromatic N) is 2. The van der Waals surface area contributed by atoms with Gasteiger partial charge in [0.1, 0.15) is 11.2 Å². The molecule has 0 saturated heterocycles. The second-order valence-corrected chi connectivity index (χ2v) is 6.54. The van der Waals surface area contributed by atoms with E-state index in [9.17, 15) is 4.79 Å². The zero-order valence-corrected chi connectivity index (χ0v) is 15.1. The molecular weight excluding hydrogens is 322 g/mol. The van der Waals surface area contributed by atoms with Crippen molar-refractivity contribution in [2.75, 3.05) is 0 Å². The van der Waals surface area contributed by atoms with E-state index in [-0.39, 0.29) is 5.91 Å². The quantitative estimate of drug-likeness (QED) is 0.675. The van der Waals surface area contributed by atoms with Gasteiger partial charge in [0.2, 0.25) is 5.91 Å². The highest BCUT2D eigenvalue weighted by Gasteiger charge is 2.40. The number of carbonyl (C=O) groups is 1. The van der Waals surface area contributed by atoms with E-state index >= 15 is 0 Å². The molecule has 0 aliphatic rings. The molecule has 0 saturated carbocycles. The smallest absolute Gasteiger partial charge is 0.232 e. The van der Waals surface area contributed by atoms with Gasteiger partial charge in [-0.3, -0.25) is 4.79 Å². The van der Waals surface area contributed by atoms with E-state index < -0.39 is 5.41 Å². The average Bonchev–Trinajstić information content (AvgIpc) is 3.11. The maximum Gasteiger partial charge on any atom is 0.232 e. The van der Waals surface area contributed by atoms with Crippen LogP contribution in [-0.2, 0) is 23.2 Å². The van der Waals surface area contributed by atoms with Gasteiger partial charge in [-0.05, 0) is 24.0 Å². The lowest BCUT2D eigenvalue weighted by Gasteiger charge is -2.32. The Balaban J connectivity index is 2.03. The third-order valence-electron chi connectivity index (χ3n) is 4.96. The Morgan fingerprint density at radius 1 is 1.04 bits per heavy atom. The highest BCUT2D eigenvalue weighted by atomic mass is 16.1. The largest absolute Gasteiger partial charge is 0.369 e. The molecule has 1 heterocycles. The molecule has 0 radical (unpaired) electrons. The van der Waals surface area contributed by atoms with Crippen LogP contribution in [0.15, 0.2) is 73.1 Å². The Labute approximate surface area is 154 Å². The van der Waals surface area contributed by atoms with Crippen LogP contribution in [0.3, 0.4) is 0 Å². The molecule has 0 spiro atoms. The minimum absolute atomic E-state index is 0.327. The summed E-state index contributed by atoms with van der Waals surface area (Å²) in [7, 11) is 0. The number of imidazole rings is 1. The van der Waals surface area contributed by atoms with Crippen LogP contribution in [0.1, 0.15) is 36.7 Å². The molecular formula is C22H25N3O. The number of primary amides is 1. The molecule has 2 N–H and O–H groups in total. The lowest BCUT2D eigenvalue weighted by Crippen LogP contribution is -2.43. The fourth-order valence-corrected chi connectivity index (χ4v) is 3.59. The summed E-state index contributed by atoms with van der Waals surface area (Å²) < 4.78 is 2.13. The molecule has 0 unspecified atom stereocenters. The number of hydrogen-bond acceptors (Lipinski definition) is 2. The van der Waals surface area contributed by atoms with Crippen LogP contribution < -0.4 is 5.73 Å². The third kappa shape index (κ3) is 3.40. The molecule has 26 heavy (non-hydrogen) atoms. The lowest BCUT2D eigenvalue weighted by atomic mass is 9.71. The van der Waals surface area contributed by atoms with Gasteiger partial charge >= 0.3 is 0 Å². The van der Waals surface area contributed by atoms with Crippen molar-refractivity contribution in [2.45, 2.75) is 38.1 Å². The second-order valence-electron chi connectivity index (χ2n) is 6.54. The topological polar surface area (TPSA) is 60.9 Å². The van der Waals surface area contributed by atoms with Crippen molar-refractivity contribution in [3.8, 4) is 0 Å². The molecule has 4 nitrogen and oxygen atoms in total. The molecule has 3 aromatic rings. The van der Waals surface area contributed by atoms with E-state index in [1.807, 2.05) is 73.1 Å². The molecule has 0 fully saturated rings. The summed E-state index contributed by atoms with van der Waals surface area (Å²) in [5, 5.41) is 0. The van der Waals surface area contributed by atoms with Crippen LogP contribution in [0.5, 0.6) is 0 Å². The Morgan fingerprint density at radius 3 is 2.12 bits per heavy atom. The van der Waals surface area contributed by atoms with Crippen molar-refractivity contribution in [1.82, 2.24) is 9.55 Å². The van der Waals surface area contributed by atoms with Crippen molar-refractivity contribution in [3.05, 3.63) is 90.0 Å². The minimum atomic E-state index is -0.865. The number of aryl methyl sites for hydroxylation is 2. The first kappa shape index (κ1) is 17.9. The standard InChI is InChI=1S/C22H25N3O/c1-2-9-20-24-15-17-25(20)16-14-22(21(23)26,18-10-5-3-6-11-18)19-12-7-4-8-13-19/h3-8,10-13,15,17H,2,9,14,16H2,1H3,(H2,23,26). The number of carbonyl (C=O) groups excluding carboxylic acids is 1. The zero-order valence-electron chi connectivity index (χ0n) is 15.1. The van der Waals surface area contributed by atoms with Crippen LogP contribution in [0.4, 0.5) is 0 Å². The van der Waals surface area contributed by atoms with Crippen LogP contribution in [-0.4, -0.2) is 15.5 Å². The van der Waals surface area contributed by atoms with Gasteiger partial charge in [-0.1, -0.05) is 67.6 Å². The van der Waals surface area contributed by atoms with Gasteiger partial charge in [0.25, 0.3) is 0 Å². The molecule has 0 aliphatic carbocycles. The SMILES string of the molecule is CCCc1nccn1CCC(C(N)=O)(c1ccccc1)c1ccccc1. The number of hydrogen-bond donors (Lipinski definition) is 1. The van der Waals surface area contributed by atoms with Crippen LogP contribution in [0.25, 0.3) is 0 Å². The van der Waals surface area contributed by atoms with Gasteiger partial charge < -0.3 is 10.3 Å². The predicted octanol–water partition coefficient (Wildman–Crippen LogP) is 3.70. The monoisotopic (exact) mass is 347 g/mol. The van der Waals surface area contributed by atoms with Crippen molar-refractivity contribution in [3.63, 3.8) is 0 Å². The number of amides is 1. The predicted molar refractivity (Wildman–Crippen MR) is 104 cm³/mol. The molecule has 4 heteroatoms. The Bertz CT molecular complexity index is 801. The number of aromatic nitrogens is 2. The van der Waals surface area contributed by atoms with Crippen molar-refractivity contribution in [2.24, 2.45) is 5.73 Å². The van der Waals surface area contributed by atoms with Crippen molar-refractivity contribution in [1.29, 1.82) is 0 Å². The zero-order chi connectivity index (χ0) is 18.4. The fourth-order valence-electron chi connectivity index (χ4n) is 3.59. The fraction of sp³-hybridized carbons (Fsp3) is 0.273. The van der Waals surface area contributed by atoms with Crippen molar-refractivity contribution < 1.29 is 4.79 Å². The first-order valence-corrected chi connectivity index (χ1v) is 9.09. The van der Waals surface area contributed by atoms with Crippen LogP contribution in [0.2, 0.25) is 0 Å². The molecule has 3 rings (SSSR count). The highest BCUT2D eigenvalue weighted by molar-refractivity contribution is 5.90. The first-order chi connectivity index (χ1) is 12.7. The third-order valence-corrected chi connectivity index (χ3v) is 4.96. The number of rotatable bonds is 8. The van der Waals surface area contributed by atoms with E-state index in [1.54, 1.807) is 0 Å². The van der Waals surface area contributed by atoms with E-state index in [0.29, 0.717) is 13.0 Å². The van der Waals surface area contributed by atoms with Gasteiger partial charge in [0.15, 0.2) is 0 Å². The second kappa shape index (κ2) is 8.00. The maximum absolute atomic E-state index is 12.8. The summed E-state index contributed by atoms with van der Waals surface area (Å²) in [6.45, 7) is 2.82. The molecule has 1 aromatic heterocycles. The Kier molecular flexibility index (Phi) is 5.52. The van der Waals surface area contributed by atoms with Gasteiger partial charge in [0.05, 0.1) is 0 Å². The van der Waals surface area contributed by atoms with E-state index in [2.05, 4.69) is 16.5 Å². The highest BCUT2D eigenvalue weighted by Crippen LogP contribution is 2.36. The molecule has 0 aliphatic heterocycles. The maximum atomic E-state index is 12.8. The van der Waals surface area contributed by atoms with Gasteiger partial charge in [-0.15, -0.1) is 0 Å². The Morgan fingerprint density at radius 2 is 1.62 bits per heavy atom. The molecule has 0 bridgehead atoms. The number of benzene rings is 2. The summed E-state index contributed by atoms with van der Waals surface area (Å²) in [6, 6.07) is 19.7. The molecule has 2 aromatic carbocycles. The first-order valence-electron chi connectivity index (χ1n) is 9.09. The van der Waals surface area contributed by atoms with Crippen LogP contribution >= 0.6 is 0 Å². The normalized spacial score (nSPS) is 11.4.